The molecular formula is C11H12N4O2. The van der Waals surface area contributed by atoms with Crippen LogP contribution in [0.25, 0.3) is 11.3 Å². The van der Waals surface area contributed by atoms with Crippen molar-refractivity contribution in [3.8, 4) is 11.3 Å². The third-order valence-electron chi connectivity index (χ3n) is 2.23. The Hall–Kier alpha value is -2.50. The number of nitrogens with two attached hydrogens (primary N) is 1. The summed E-state index contributed by atoms with van der Waals surface area (Å²) in [7, 11) is 1.32. The van der Waals surface area contributed by atoms with Crippen molar-refractivity contribution in [2.75, 3.05) is 18.2 Å². The fourth-order valence-electron chi connectivity index (χ4n) is 1.39. The highest BCUT2D eigenvalue weighted by Gasteiger charge is 2.03. The molecule has 0 spiro atoms. The Morgan fingerprint density at radius 3 is 2.65 bits per heavy atom. The van der Waals surface area contributed by atoms with Crippen molar-refractivity contribution in [3.63, 3.8) is 0 Å². The number of aromatic amines is 1. The van der Waals surface area contributed by atoms with Crippen LogP contribution >= 0.6 is 0 Å². The van der Waals surface area contributed by atoms with E-state index in [-0.39, 0.29) is 0 Å². The van der Waals surface area contributed by atoms with Gasteiger partial charge in [0, 0.05) is 11.8 Å². The van der Waals surface area contributed by atoms with E-state index in [0.29, 0.717) is 11.5 Å². The summed E-state index contributed by atoms with van der Waals surface area (Å²) in [6.07, 6.45) is -0.497. The summed E-state index contributed by atoms with van der Waals surface area (Å²) in [5.74, 6) is 0.441. The first kappa shape index (κ1) is 11.0. The number of nitrogen functional groups attached to an aromatic ring is 1. The molecule has 0 aliphatic rings. The highest BCUT2D eigenvalue weighted by molar-refractivity contribution is 5.84. The van der Waals surface area contributed by atoms with Crippen LogP contribution in [-0.4, -0.2) is 23.4 Å². The van der Waals surface area contributed by atoms with Crippen molar-refractivity contribution >= 4 is 17.6 Å². The second kappa shape index (κ2) is 4.56. The van der Waals surface area contributed by atoms with Gasteiger partial charge in [-0.05, 0) is 17.7 Å². The first-order chi connectivity index (χ1) is 8.19. The van der Waals surface area contributed by atoms with E-state index in [2.05, 4.69) is 20.3 Å². The minimum Gasteiger partial charge on any atom is -0.453 e. The maximum atomic E-state index is 11.0. The Morgan fingerprint density at radius 2 is 2.12 bits per heavy atom. The molecule has 0 bridgehead atoms. The van der Waals surface area contributed by atoms with Crippen LogP contribution in [0, 0.1) is 0 Å². The standard InChI is InChI=1S/C11H12N4O2/c1-17-11(16)13-8-4-2-7(3-5-8)9-6-10(12)15-14-9/h2-6H,1H3,(H,13,16)(H3,12,14,15). The highest BCUT2D eigenvalue weighted by atomic mass is 16.5. The van der Waals surface area contributed by atoms with E-state index in [4.69, 9.17) is 5.73 Å². The van der Waals surface area contributed by atoms with Crippen molar-refractivity contribution in [2.45, 2.75) is 0 Å². The number of ether oxygens (including phenoxy) is 1. The maximum Gasteiger partial charge on any atom is 0.411 e. The molecule has 2 rings (SSSR count). The normalized spacial score (nSPS) is 9.94. The first-order valence-corrected chi connectivity index (χ1v) is 4.95. The van der Waals surface area contributed by atoms with Crippen LogP contribution in [0.3, 0.4) is 0 Å². The van der Waals surface area contributed by atoms with E-state index in [1.807, 2.05) is 12.1 Å². The zero-order valence-corrected chi connectivity index (χ0v) is 9.23. The van der Waals surface area contributed by atoms with Crippen LogP contribution < -0.4 is 11.1 Å². The van der Waals surface area contributed by atoms with E-state index in [1.165, 1.54) is 7.11 Å². The summed E-state index contributed by atoms with van der Waals surface area (Å²) in [6.45, 7) is 0. The summed E-state index contributed by atoms with van der Waals surface area (Å²) in [5.41, 5.74) is 7.93. The number of rotatable bonds is 2. The van der Waals surface area contributed by atoms with E-state index < -0.39 is 6.09 Å². The summed E-state index contributed by atoms with van der Waals surface area (Å²) >= 11 is 0. The van der Waals surface area contributed by atoms with E-state index >= 15 is 0 Å². The smallest absolute Gasteiger partial charge is 0.411 e. The van der Waals surface area contributed by atoms with Crippen LogP contribution in [-0.2, 0) is 4.74 Å². The summed E-state index contributed by atoms with van der Waals surface area (Å²) in [4.78, 5) is 11.0. The summed E-state index contributed by atoms with van der Waals surface area (Å²) in [5, 5.41) is 9.21. The molecule has 17 heavy (non-hydrogen) atoms. The van der Waals surface area contributed by atoms with Crippen molar-refractivity contribution in [3.05, 3.63) is 30.3 Å². The molecule has 2 aromatic rings. The molecule has 1 amide bonds. The molecule has 0 saturated carbocycles. The third-order valence-corrected chi connectivity index (χ3v) is 2.23. The minimum absolute atomic E-state index is 0.441. The highest BCUT2D eigenvalue weighted by Crippen LogP contribution is 2.20. The van der Waals surface area contributed by atoms with Gasteiger partial charge in [0.25, 0.3) is 0 Å². The largest absolute Gasteiger partial charge is 0.453 e. The minimum atomic E-state index is -0.497. The number of benzene rings is 1. The number of hydrogen-bond donors (Lipinski definition) is 3. The van der Waals surface area contributed by atoms with Gasteiger partial charge in [0.1, 0.15) is 5.82 Å². The van der Waals surface area contributed by atoms with Gasteiger partial charge in [0.15, 0.2) is 0 Å². The number of H-pyrrole nitrogens is 1. The maximum absolute atomic E-state index is 11.0. The molecule has 0 fully saturated rings. The van der Waals surface area contributed by atoms with Gasteiger partial charge in [0.2, 0.25) is 0 Å². The number of amides is 1. The van der Waals surface area contributed by atoms with Gasteiger partial charge >= 0.3 is 6.09 Å². The first-order valence-electron chi connectivity index (χ1n) is 4.95. The molecule has 1 aromatic carbocycles. The van der Waals surface area contributed by atoms with Gasteiger partial charge in [-0.15, -0.1) is 0 Å². The zero-order valence-electron chi connectivity index (χ0n) is 9.23. The van der Waals surface area contributed by atoms with Gasteiger partial charge < -0.3 is 10.5 Å². The molecule has 4 N–H and O–H groups in total. The lowest BCUT2D eigenvalue weighted by atomic mass is 10.1. The second-order valence-electron chi connectivity index (χ2n) is 3.40. The van der Waals surface area contributed by atoms with Crippen LogP contribution in [0.15, 0.2) is 30.3 Å². The van der Waals surface area contributed by atoms with Crippen LogP contribution in [0.4, 0.5) is 16.3 Å². The van der Waals surface area contributed by atoms with Crippen molar-refractivity contribution < 1.29 is 9.53 Å². The van der Waals surface area contributed by atoms with Gasteiger partial charge in [-0.25, -0.2) is 4.79 Å². The SMILES string of the molecule is COC(=O)Nc1ccc(-c2cc(N)n[nH]2)cc1. The predicted octanol–water partition coefficient (Wildman–Crippen LogP) is 1.84. The molecule has 88 valence electrons. The Bertz CT molecular complexity index is 519. The van der Waals surface area contributed by atoms with E-state index in [9.17, 15) is 4.79 Å². The van der Waals surface area contributed by atoms with Gasteiger partial charge in [0.05, 0.1) is 12.8 Å². The van der Waals surface area contributed by atoms with Crippen LogP contribution in [0.2, 0.25) is 0 Å². The average molecular weight is 232 g/mol. The molecule has 0 saturated heterocycles. The van der Waals surface area contributed by atoms with Crippen LogP contribution in [0.1, 0.15) is 0 Å². The van der Waals surface area contributed by atoms with E-state index in [1.54, 1.807) is 18.2 Å². The number of carbonyl (C=O) groups is 1. The van der Waals surface area contributed by atoms with Crippen molar-refractivity contribution in [2.24, 2.45) is 0 Å². The Morgan fingerprint density at radius 1 is 1.41 bits per heavy atom. The number of nitrogens with one attached hydrogen (secondary N) is 2. The van der Waals surface area contributed by atoms with E-state index in [0.717, 1.165) is 11.3 Å². The number of nitrogens with zero attached hydrogens (tertiary/aromatic N) is 1. The molecular weight excluding hydrogens is 220 g/mol. The Balaban J connectivity index is 2.15. The monoisotopic (exact) mass is 232 g/mol. The van der Waals surface area contributed by atoms with Gasteiger partial charge in [-0.2, -0.15) is 5.10 Å². The predicted molar refractivity (Wildman–Crippen MR) is 64.5 cm³/mol. The zero-order chi connectivity index (χ0) is 12.3. The molecule has 0 unspecified atom stereocenters. The molecule has 1 heterocycles. The molecule has 0 radical (unpaired) electrons. The fourth-order valence-corrected chi connectivity index (χ4v) is 1.39. The summed E-state index contributed by atoms with van der Waals surface area (Å²) < 4.78 is 4.49. The fraction of sp³-hybridized carbons (Fsp3) is 0.0909. The molecule has 6 nitrogen and oxygen atoms in total. The third kappa shape index (κ3) is 2.54. The van der Waals surface area contributed by atoms with Gasteiger partial charge in [-0.3, -0.25) is 10.4 Å². The Kier molecular flexibility index (Phi) is 2.95. The number of aromatic nitrogens is 2. The average Bonchev–Trinajstić information content (AvgIpc) is 2.77. The molecule has 0 atom stereocenters. The second-order valence-corrected chi connectivity index (χ2v) is 3.40. The lowest BCUT2D eigenvalue weighted by Gasteiger charge is -2.04. The van der Waals surface area contributed by atoms with Gasteiger partial charge in [-0.1, -0.05) is 12.1 Å². The molecule has 6 heteroatoms. The number of anilines is 2. The van der Waals surface area contributed by atoms with Crippen molar-refractivity contribution in [1.29, 1.82) is 0 Å². The lowest BCUT2D eigenvalue weighted by Crippen LogP contribution is -2.10. The summed E-state index contributed by atoms with van der Waals surface area (Å²) in [6, 6.07) is 8.96. The Labute approximate surface area is 97.8 Å². The number of methoxy groups -OCH3 is 1. The number of hydrogen-bond acceptors (Lipinski definition) is 4. The molecule has 1 aromatic heterocycles. The van der Waals surface area contributed by atoms with Crippen LogP contribution in [0.5, 0.6) is 0 Å². The molecule has 0 aliphatic heterocycles. The number of carbonyl (C=O) groups excluding carboxylic acids is 1. The quantitative estimate of drug-likeness (QED) is 0.736. The molecule has 0 aliphatic carbocycles. The topological polar surface area (TPSA) is 93.0 Å². The van der Waals surface area contributed by atoms with Crippen molar-refractivity contribution in [1.82, 2.24) is 10.2 Å². The lowest BCUT2D eigenvalue weighted by molar-refractivity contribution is 0.187.